The van der Waals surface area contributed by atoms with Crippen LogP contribution in [-0.2, 0) is 24.4 Å². The number of hydrogen-bond acceptors (Lipinski definition) is 6. The molecule has 0 rings (SSSR count). The Bertz CT molecular complexity index is 296. The van der Waals surface area contributed by atoms with Crippen LogP contribution in [0.25, 0.3) is 0 Å². The fourth-order valence-corrected chi connectivity index (χ4v) is 1.22. The summed E-state index contributed by atoms with van der Waals surface area (Å²) in [5.74, 6) is -1.12. The van der Waals surface area contributed by atoms with Crippen molar-refractivity contribution in [3.63, 3.8) is 0 Å². The molecule has 0 unspecified atom stereocenters. The van der Waals surface area contributed by atoms with Crippen molar-refractivity contribution < 1.29 is 32.3 Å². The molecule has 0 saturated carbocycles. The second kappa shape index (κ2) is 6.13. The summed E-state index contributed by atoms with van der Waals surface area (Å²) in [5, 5.41) is 8.88. The molecule has 2 N–H and O–H groups in total. The summed E-state index contributed by atoms with van der Waals surface area (Å²) in [6.45, 7) is 1.59. The summed E-state index contributed by atoms with van der Waals surface area (Å²) in [6, 6.07) is 0. The van der Waals surface area contributed by atoms with E-state index in [1.54, 1.807) is 0 Å². The number of ketones is 1. The first-order valence-electron chi connectivity index (χ1n) is 4.09. The normalized spacial score (nSPS) is 16.0. The maximum atomic E-state index is 11.1. The highest BCUT2D eigenvalue weighted by atomic mass is 32.2. The molecule has 0 saturated heterocycles. The number of carbonyl (C=O) groups is 1. The first-order valence-corrected chi connectivity index (χ1v) is 5.59. The second-order valence-corrected chi connectivity index (χ2v) is 4.25. The van der Waals surface area contributed by atoms with E-state index >= 15 is 0 Å². The van der Waals surface area contributed by atoms with Gasteiger partial charge in [-0.3, -0.25) is 9.35 Å². The zero-order chi connectivity index (χ0) is 12.1. The molecule has 0 amide bonds. The number of hydrogen-bond donors (Lipinski definition) is 2. The highest BCUT2D eigenvalue weighted by Crippen LogP contribution is 2.03. The summed E-state index contributed by atoms with van der Waals surface area (Å²) >= 11 is 0. The molecule has 90 valence electrons. The highest BCUT2D eigenvalue weighted by molar-refractivity contribution is 7.87. The van der Waals surface area contributed by atoms with Crippen molar-refractivity contribution >= 4 is 15.9 Å². The minimum atomic E-state index is -4.78. The Morgan fingerprint density at radius 3 is 2.33 bits per heavy atom. The molecule has 0 aliphatic rings. The van der Waals surface area contributed by atoms with Crippen molar-refractivity contribution in [1.29, 1.82) is 0 Å². The minimum Gasteiger partial charge on any atom is -0.382 e. The van der Waals surface area contributed by atoms with Gasteiger partial charge in [0.1, 0.15) is 6.10 Å². The third-order valence-electron chi connectivity index (χ3n) is 1.58. The lowest BCUT2D eigenvalue weighted by atomic mass is 10.3. The van der Waals surface area contributed by atoms with E-state index in [4.69, 9.17) is 14.4 Å². The van der Waals surface area contributed by atoms with E-state index in [9.17, 15) is 13.2 Å². The van der Waals surface area contributed by atoms with E-state index in [-0.39, 0.29) is 13.2 Å². The first-order chi connectivity index (χ1) is 6.80. The van der Waals surface area contributed by atoms with E-state index in [1.165, 1.54) is 14.0 Å². The largest absolute Gasteiger partial charge is 0.382 e. The van der Waals surface area contributed by atoms with Crippen LogP contribution >= 0.6 is 0 Å². The van der Waals surface area contributed by atoms with Crippen LogP contribution in [0.2, 0.25) is 0 Å². The third kappa shape index (κ3) is 5.19. The Kier molecular flexibility index (Phi) is 5.91. The molecular weight excluding hydrogens is 228 g/mol. The van der Waals surface area contributed by atoms with E-state index in [2.05, 4.69) is 4.74 Å². The van der Waals surface area contributed by atoms with E-state index < -0.39 is 27.4 Å². The average Bonchev–Trinajstić information content (AvgIpc) is 2.14. The molecule has 0 radical (unpaired) electrons. The van der Waals surface area contributed by atoms with E-state index in [0.29, 0.717) is 0 Å². The van der Waals surface area contributed by atoms with Gasteiger partial charge in [-0.05, 0) is 6.92 Å². The van der Waals surface area contributed by atoms with Crippen molar-refractivity contribution in [2.24, 2.45) is 0 Å². The van der Waals surface area contributed by atoms with Crippen LogP contribution in [0.15, 0.2) is 0 Å². The zero-order valence-corrected chi connectivity index (χ0v) is 9.23. The van der Waals surface area contributed by atoms with Crippen LogP contribution in [0.5, 0.6) is 0 Å². The Hall–Kier alpha value is -0.540. The number of carbonyl (C=O) groups excluding carboxylic acids is 1. The standard InChI is InChI=1S/C7H14O7S/c1-5(14-4-3-13-2)6(8)7(9)15(10,11)12/h5,7,9H,3-4H2,1-2H3,(H,10,11,12)/t5-,7-/m0/s1. The van der Waals surface area contributed by atoms with Crippen LogP contribution < -0.4 is 0 Å². The molecular formula is C7H14O7S. The van der Waals surface area contributed by atoms with Crippen LogP contribution in [0.3, 0.4) is 0 Å². The lowest BCUT2D eigenvalue weighted by Crippen LogP contribution is -2.37. The maximum absolute atomic E-state index is 11.1. The van der Waals surface area contributed by atoms with E-state index in [1.807, 2.05) is 0 Å². The van der Waals surface area contributed by atoms with Gasteiger partial charge in [-0.1, -0.05) is 0 Å². The summed E-state index contributed by atoms with van der Waals surface area (Å²) in [6.07, 6.45) is -1.13. The maximum Gasteiger partial charge on any atom is 0.299 e. The van der Waals surface area contributed by atoms with Crippen LogP contribution in [-0.4, -0.2) is 55.7 Å². The second-order valence-electron chi connectivity index (χ2n) is 2.78. The van der Waals surface area contributed by atoms with Crippen molar-refractivity contribution in [3.8, 4) is 0 Å². The summed E-state index contributed by atoms with van der Waals surface area (Å²) in [4.78, 5) is 11.1. The van der Waals surface area contributed by atoms with Gasteiger partial charge in [0.15, 0.2) is 0 Å². The van der Waals surface area contributed by atoms with Gasteiger partial charge in [0.2, 0.25) is 11.2 Å². The summed E-state index contributed by atoms with van der Waals surface area (Å²) in [7, 11) is -3.35. The molecule has 0 fully saturated rings. The number of methoxy groups -OCH3 is 1. The molecule has 0 bridgehead atoms. The van der Waals surface area contributed by atoms with Crippen molar-refractivity contribution in [3.05, 3.63) is 0 Å². The molecule has 15 heavy (non-hydrogen) atoms. The molecule has 0 spiro atoms. The van der Waals surface area contributed by atoms with Crippen LogP contribution in [0.4, 0.5) is 0 Å². The van der Waals surface area contributed by atoms with Crippen LogP contribution in [0, 0.1) is 0 Å². The zero-order valence-electron chi connectivity index (χ0n) is 8.41. The van der Waals surface area contributed by atoms with Gasteiger partial charge in [-0.25, -0.2) is 0 Å². The van der Waals surface area contributed by atoms with Gasteiger partial charge in [0, 0.05) is 7.11 Å². The molecule has 0 aromatic rings. The smallest absolute Gasteiger partial charge is 0.299 e. The van der Waals surface area contributed by atoms with Crippen molar-refractivity contribution in [2.75, 3.05) is 20.3 Å². The lowest BCUT2D eigenvalue weighted by Gasteiger charge is -2.13. The Morgan fingerprint density at radius 2 is 1.93 bits per heavy atom. The molecule has 8 heteroatoms. The summed E-state index contributed by atoms with van der Waals surface area (Å²) < 4.78 is 38.7. The van der Waals surface area contributed by atoms with E-state index in [0.717, 1.165) is 0 Å². The number of ether oxygens (including phenoxy) is 2. The fourth-order valence-electron chi connectivity index (χ4n) is 0.738. The van der Waals surface area contributed by atoms with Gasteiger partial charge in [0.05, 0.1) is 13.2 Å². The number of aliphatic hydroxyl groups excluding tert-OH is 1. The molecule has 0 aliphatic carbocycles. The highest BCUT2D eigenvalue weighted by Gasteiger charge is 2.32. The number of aliphatic hydroxyl groups is 1. The SMILES string of the molecule is COCCO[C@@H](C)C(=O)[C@@H](O)S(=O)(=O)O. The topological polar surface area (TPSA) is 110 Å². The molecule has 0 aliphatic heterocycles. The Labute approximate surface area is 87.7 Å². The van der Waals surface area contributed by atoms with Gasteiger partial charge >= 0.3 is 0 Å². The lowest BCUT2D eigenvalue weighted by molar-refractivity contribution is -0.135. The molecule has 2 atom stereocenters. The molecule has 7 nitrogen and oxygen atoms in total. The third-order valence-corrected chi connectivity index (χ3v) is 2.38. The fraction of sp³-hybridized carbons (Fsp3) is 0.857. The predicted octanol–water partition coefficient (Wildman–Crippen LogP) is -1.19. The van der Waals surface area contributed by atoms with Crippen molar-refractivity contribution in [1.82, 2.24) is 0 Å². The van der Waals surface area contributed by atoms with Crippen molar-refractivity contribution in [2.45, 2.75) is 18.5 Å². The quantitative estimate of drug-likeness (QED) is 0.426. The minimum absolute atomic E-state index is 0.0849. The Morgan fingerprint density at radius 1 is 1.40 bits per heavy atom. The average molecular weight is 242 g/mol. The van der Waals surface area contributed by atoms with Gasteiger partial charge in [-0.2, -0.15) is 8.42 Å². The first kappa shape index (κ1) is 14.5. The monoisotopic (exact) mass is 242 g/mol. The Balaban J connectivity index is 4.21. The van der Waals surface area contributed by atoms with Gasteiger partial charge in [0.25, 0.3) is 10.1 Å². The molecule has 0 aromatic carbocycles. The number of Topliss-reactive ketones (excluding diaryl/α,β-unsaturated/α-hetero) is 1. The predicted molar refractivity (Wildman–Crippen MR) is 49.9 cm³/mol. The molecule has 0 aromatic heterocycles. The van der Waals surface area contributed by atoms with Gasteiger partial charge in [-0.15, -0.1) is 0 Å². The van der Waals surface area contributed by atoms with Crippen LogP contribution in [0.1, 0.15) is 6.92 Å². The summed E-state index contributed by atoms with van der Waals surface area (Å²) in [5.41, 5.74) is -2.46. The molecule has 0 heterocycles. The van der Waals surface area contributed by atoms with Gasteiger partial charge < -0.3 is 14.6 Å². The number of rotatable bonds is 7.